The minimum absolute atomic E-state index is 0.617. The lowest BCUT2D eigenvalue weighted by Crippen LogP contribution is -2.52. The highest BCUT2D eigenvalue weighted by Gasteiger charge is 2.65. The molecule has 0 aliphatic carbocycles. The Morgan fingerprint density at radius 3 is 1.62 bits per heavy atom. The van der Waals surface area contributed by atoms with Crippen LogP contribution in [0.4, 0.5) is 17.8 Å². The van der Waals surface area contributed by atoms with Crippen LogP contribution in [0.25, 0.3) is 0 Å². The minimum atomic E-state index is -4.51. The highest BCUT2D eigenvalue weighted by atomic mass is 19.3. The standard InChI is InChI=1S/C8H10F4O4/c1-3-7(4-2,5(13)15-11)8(9,10)6(14)16-12/h3-4H2,1-2H3. The van der Waals surface area contributed by atoms with Gasteiger partial charge in [0.1, 0.15) is 5.41 Å². The third-order valence-corrected chi connectivity index (χ3v) is 2.60. The molecule has 0 fully saturated rings. The molecule has 0 amide bonds. The van der Waals surface area contributed by atoms with E-state index in [1.165, 1.54) is 0 Å². The van der Waals surface area contributed by atoms with Crippen LogP contribution in [-0.4, -0.2) is 17.9 Å². The molecular formula is C8H10F4O4. The second-order valence-corrected chi connectivity index (χ2v) is 3.09. The quantitative estimate of drug-likeness (QED) is 0.698. The van der Waals surface area contributed by atoms with Gasteiger partial charge in [0.25, 0.3) is 0 Å². The van der Waals surface area contributed by atoms with Gasteiger partial charge in [0.15, 0.2) is 0 Å². The van der Waals surface area contributed by atoms with Gasteiger partial charge in [-0.25, -0.2) is 14.5 Å². The predicted octanol–water partition coefficient (Wildman–Crippen LogP) is 2.28. The van der Waals surface area contributed by atoms with E-state index in [9.17, 15) is 27.4 Å². The summed E-state index contributed by atoms with van der Waals surface area (Å²) in [6, 6.07) is 0. The highest BCUT2D eigenvalue weighted by Crippen LogP contribution is 2.44. The van der Waals surface area contributed by atoms with E-state index in [1.54, 1.807) is 0 Å². The van der Waals surface area contributed by atoms with Crippen LogP contribution in [0.1, 0.15) is 26.7 Å². The van der Waals surface area contributed by atoms with Crippen LogP contribution in [0, 0.1) is 5.41 Å². The Labute approximate surface area is 88.3 Å². The summed E-state index contributed by atoms with van der Waals surface area (Å²) in [5, 5.41) is 0. The zero-order chi connectivity index (χ0) is 13.0. The fourth-order valence-corrected chi connectivity index (χ4v) is 1.43. The second kappa shape index (κ2) is 5.13. The van der Waals surface area contributed by atoms with E-state index in [0.29, 0.717) is 0 Å². The monoisotopic (exact) mass is 246 g/mol. The van der Waals surface area contributed by atoms with E-state index in [4.69, 9.17) is 0 Å². The number of halogens is 4. The smallest absolute Gasteiger partial charge is 0.254 e. The third kappa shape index (κ3) is 1.96. The molecule has 0 bridgehead atoms. The highest BCUT2D eigenvalue weighted by molar-refractivity contribution is 5.88. The van der Waals surface area contributed by atoms with E-state index in [-0.39, 0.29) is 0 Å². The van der Waals surface area contributed by atoms with Crippen molar-refractivity contribution in [2.24, 2.45) is 5.41 Å². The van der Waals surface area contributed by atoms with Gasteiger partial charge >= 0.3 is 17.9 Å². The first kappa shape index (κ1) is 14.7. The zero-order valence-corrected chi connectivity index (χ0v) is 8.56. The van der Waals surface area contributed by atoms with E-state index in [2.05, 4.69) is 9.88 Å². The van der Waals surface area contributed by atoms with Gasteiger partial charge in [-0.2, -0.15) is 8.78 Å². The van der Waals surface area contributed by atoms with Gasteiger partial charge in [0, 0.05) is 9.05 Å². The lowest BCUT2D eigenvalue weighted by molar-refractivity contribution is -0.245. The average Bonchev–Trinajstić information content (AvgIpc) is 2.29. The van der Waals surface area contributed by atoms with Crippen molar-refractivity contribution in [2.75, 3.05) is 0 Å². The average molecular weight is 246 g/mol. The number of rotatable bonds is 5. The Kier molecular flexibility index (Phi) is 4.70. The molecule has 0 aromatic heterocycles. The van der Waals surface area contributed by atoms with Crippen LogP contribution >= 0.6 is 0 Å². The molecule has 0 spiro atoms. The van der Waals surface area contributed by atoms with Crippen molar-refractivity contribution < 1.29 is 37.3 Å². The van der Waals surface area contributed by atoms with E-state index in [0.717, 1.165) is 13.8 Å². The van der Waals surface area contributed by atoms with Gasteiger partial charge in [0.2, 0.25) is 0 Å². The first-order valence-electron chi connectivity index (χ1n) is 4.37. The van der Waals surface area contributed by atoms with Crippen LogP contribution in [0.3, 0.4) is 0 Å². The lowest BCUT2D eigenvalue weighted by atomic mass is 9.76. The van der Waals surface area contributed by atoms with Gasteiger partial charge in [0.05, 0.1) is 0 Å². The Balaban J connectivity index is 5.50. The fraction of sp³-hybridized carbons (Fsp3) is 0.750. The minimum Gasteiger partial charge on any atom is -0.254 e. The summed E-state index contributed by atoms with van der Waals surface area (Å²) in [7, 11) is 0. The molecule has 0 heterocycles. The fourth-order valence-electron chi connectivity index (χ4n) is 1.43. The molecule has 0 aliphatic rings. The molecule has 4 nitrogen and oxygen atoms in total. The van der Waals surface area contributed by atoms with Gasteiger partial charge in [-0.15, -0.1) is 0 Å². The maximum atomic E-state index is 13.4. The summed E-state index contributed by atoms with van der Waals surface area (Å²) >= 11 is 0. The van der Waals surface area contributed by atoms with Crippen LogP contribution in [-0.2, 0) is 19.5 Å². The van der Waals surface area contributed by atoms with Crippen molar-refractivity contribution in [2.45, 2.75) is 32.6 Å². The van der Waals surface area contributed by atoms with Crippen molar-refractivity contribution >= 4 is 11.9 Å². The molecule has 94 valence electrons. The number of carbonyl (C=O) groups is 2. The number of hydrogen-bond acceptors (Lipinski definition) is 4. The van der Waals surface area contributed by atoms with E-state index < -0.39 is 36.1 Å². The maximum absolute atomic E-state index is 13.4. The number of hydrogen-bond donors (Lipinski definition) is 0. The van der Waals surface area contributed by atoms with Crippen molar-refractivity contribution in [3.63, 3.8) is 0 Å². The Morgan fingerprint density at radius 2 is 1.38 bits per heavy atom. The molecule has 8 heteroatoms. The Hall–Kier alpha value is -1.34. The van der Waals surface area contributed by atoms with Crippen LogP contribution in [0.15, 0.2) is 0 Å². The summed E-state index contributed by atoms with van der Waals surface area (Å²) in [5.74, 6) is -9.00. The van der Waals surface area contributed by atoms with Gasteiger partial charge in [-0.1, -0.05) is 13.8 Å². The third-order valence-electron chi connectivity index (χ3n) is 2.60. The second-order valence-electron chi connectivity index (χ2n) is 3.09. The Morgan fingerprint density at radius 1 is 1.00 bits per heavy atom. The number of alkyl halides is 2. The van der Waals surface area contributed by atoms with Crippen molar-refractivity contribution in [3.8, 4) is 0 Å². The largest absolute Gasteiger partial charge is 0.418 e. The van der Waals surface area contributed by atoms with Gasteiger partial charge < -0.3 is 0 Å². The predicted molar refractivity (Wildman–Crippen MR) is 42.4 cm³/mol. The lowest BCUT2D eigenvalue weighted by Gasteiger charge is -2.32. The zero-order valence-electron chi connectivity index (χ0n) is 8.56. The molecule has 0 aliphatic heterocycles. The molecule has 0 rings (SSSR count). The Bertz CT molecular complexity index is 275. The maximum Gasteiger partial charge on any atom is 0.418 e. The summed E-state index contributed by atoms with van der Waals surface area (Å²) in [6.45, 7) is 2.22. The van der Waals surface area contributed by atoms with E-state index >= 15 is 0 Å². The van der Waals surface area contributed by atoms with Crippen molar-refractivity contribution in [1.82, 2.24) is 0 Å². The summed E-state index contributed by atoms with van der Waals surface area (Å²) in [6.07, 6.45) is -1.23. The van der Waals surface area contributed by atoms with Gasteiger partial charge in [-0.3, -0.25) is 4.94 Å². The first-order valence-corrected chi connectivity index (χ1v) is 4.37. The molecule has 0 aromatic carbocycles. The number of carbonyl (C=O) groups excluding carboxylic acids is 2. The molecule has 0 unspecified atom stereocenters. The molecule has 16 heavy (non-hydrogen) atoms. The topological polar surface area (TPSA) is 52.6 Å². The summed E-state index contributed by atoms with van der Waals surface area (Å²) in [5.41, 5.74) is -2.77. The first-order chi connectivity index (χ1) is 7.33. The van der Waals surface area contributed by atoms with Crippen LogP contribution < -0.4 is 0 Å². The molecule has 0 saturated heterocycles. The molecule has 0 radical (unpaired) electrons. The van der Waals surface area contributed by atoms with Crippen molar-refractivity contribution in [3.05, 3.63) is 0 Å². The molecule has 0 N–H and O–H groups in total. The van der Waals surface area contributed by atoms with Crippen LogP contribution in [0.5, 0.6) is 0 Å². The molecule has 0 aromatic rings. The van der Waals surface area contributed by atoms with Crippen LogP contribution in [0.2, 0.25) is 0 Å². The van der Waals surface area contributed by atoms with Gasteiger partial charge in [-0.05, 0) is 12.8 Å². The SMILES string of the molecule is CCC(CC)(C(=O)OF)C(F)(F)C(=O)OF. The molecule has 0 atom stereocenters. The van der Waals surface area contributed by atoms with Crippen molar-refractivity contribution in [1.29, 1.82) is 0 Å². The molecule has 0 saturated carbocycles. The normalized spacial score (nSPS) is 12.1. The summed E-state index contributed by atoms with van der Waals surface area (Å²) in [4.78, 5) is 26.6. The molecular weight excluding hydrogens is 236 g/mol. The van der Waals surface area contributed by atoms with E-state index in [1.807, 2.05) is 0 Å². The summed E-state index contributed by atoms with van der Waals surface area (Å²) < 4.78 is 50.0.